The number of carbonyl (C=O) groups is 1. The van der Waals surface area contributed by atoms with Gasteiger partial charge in [-0.3, -0.25) is 4.79 Å². The summed E-state index contributed by atoms with van der Waals surface area (Å²) < 4.78 is 4.84. The molecule has 0 saturated carbocycles. The highest BCUT2D eigenvalue weighted by Crippen LogP contribution is 2.10. The van der Waals surface area contributed by atoms with Crippen LogP contribution < -0.4 is 11.1 Å². The van der Waals surface area contributed by atoms with Crippen molar-refractivity contribution in [2.24, 2.45) is 5.73 Å². The summed E-state index contributed by atoms with van der Waals surface area (Å²) in [4.78, 5) is 15.9. The number of aryl methyl sites for hydroxylation is 1. The summed E-state index contributed by atoms with van der Waals surface area (Å²) in [6, 6.07) is 5.98. The molecule has 1 atom stereocenters. The van der Waals surface area contributed by atoms with E-state index in [4.69, 9.17) is 10.3 Å². The number of carbonyl (C=O) groups excluding carboxylic acids is 1. The van der Waals surface area contributed by atoms with E-state index in [2.05, 4.69) is 15.5 Å². The lowest BCUT2D eigenvalue weighted by Crippen LogP contribution is -2.42. The van der Waals surface area contributed by atoms with E-state index in [9.17, 15) is 9.90 Å². The number of benzene rings is 1. The third kappa shape index (κ3) is 4.57. The first-order valence-corrected chi connectivity index (χ1v) is 6.65. The van der Waals surface area contributed by atoms with Crippen molar-refractivity contribution in [1.29, 1.82) is 0 Å². The van der Waals surface area contributed by atoms with E-state index in [0.29, 0.717) is 31.1 Å². The van der Waals surface area contributed by atoms with E-state index in [0.717, 1.165) is 5.56 Å². The summed E-state index contributed by atoms with van der Waals surface area (Å²) >= 11 is 0. The van der Waals surface area contributed by atoms with Crippen molar-refractivity contribution in [3.8, 4) is 5.75 Å². The van der Waals surface area contributed by atoms with Crippen LogP contribution in [0.2, 0.25) is 0 Å². The van der Waals surface area contributed by atoms with Crippen LogP contribution in [0.4, 0.5) is 0 Å². The molecule has 0 radical (unpaired) electrons. The largest absolute Gasteiger partial charge is 0.508 e. The van der Waals surface area contributed by atoms with E-state index < -0.39 is 6.04 Å². The van der Waals surface area contributed by atoms with E-state index in [1.807, 2.05) is 0 Å². The van der Waals surface area contributed by atoms with Gasteiger partial charge in [0, 0.05) is 19.9 Å². The molecule has 0 saturated heterocycles. The van der Waals surface area contributed by atoms with Crippen LogP contribution >= 0.6 is 0 Å². The number of nitrogens with one attached hydrogen (secondary N) is 1. The number of hydrogen-bond acceptors (Lipinski definition) is 6. The number of phenolic OH excluding ortho intramolecular Hbond substituents is 1. The van der Waals surface area contributed by atoms with Crippen LogP contribution in [0, 0.1) is 6.92 Å². The van der Waals surface area contributed by atoms with Gasteiger partial charge in [0.1, 0.15) is 5.75 Å². The molecule has 2 rings (SSSR count). The number of hydrogen-bond donors (Lipinski definition) is 3. The topological polar surface area (TPSA) is 114 Å². The molecular formula is C14H18N4O3. The SMILES string of the molecule is Cc1nc(CCNC(=O)C(N)Cc2ccc(O)cc2)no1. The predicted molar refractivity (Wildman–Crippen MR) is 75.5 cm³/mol. The summed E-state index contributed by atoms with van der Waals surface area (Å²) in [6.45, 7) is 2.11. The molecule has 0 aliphatic rings. The molecule has 1 aromatic carbocycles. The first-order chi connectivity index (χ1) is 10.0. The minimum Gasteiger partial charge on any atom is -0.508 e. The Balaban J connectivity index is 1.75. The summed E-state index contributed by atoms with van der Waals surface area (Å²) in [6.07, 6.45) is 0.905. The zero-order chi connectivity index (χ0) is 15.2. The summed E-state index contributed by atoms with van der Waals surface area (Å²) in [5, 5.41) is 15.7. The highest BCUT2D eigenvalue weighted by Gasteiger charge is 2.14. The van der Waals surface area contributed by atoms with Crippen molar-refractivity contribution >= 4 is 5.91 Å². The number of aromatic nitrogens is 2. The van der Waals surface area contributed by atoms with Crippen molar-refractivity contribution < 1.29 is 14.4 Å². The van der Waals surface area contributed by atoms with Crippen LogP contribution in [-0.4, -0.2) is 33.7 Å². The fourth-order valence-electron chi connectivity index (χ4n) is 1.85. The maximum absolute atomic E-state index is 11.9. The number of amides is 1. The Labute approximate surface area is 122 Å². The summed E-state index contributed by atoms with van der Waals surface area (Å²) in [7, 11) is 0. The Morgan fingerprint density at radius 1 is 1.43 bits per heavy atom. The quantitative estimate of drug-likeness (QED) is 0.705. The third-order valence-electron chi connectivity index (χ3n) is 2.95. The highest BCUT2D eigenvalue weighted by molar-refractivity contribution is 5.81. The molecule has 1 unspecified atom stereocenters. The maximum atomic E-state index is 11.9. The number of nitrogens with zero attached hydrogens (tertiary/aromatic N) is 2. The second-order valence-electron chi connectivity index (χ2n) is 4.75. The van der Waals surface area contributed by atoms with Gasteiger partial charge in [-0.15, -0.1) is 0 Å². The first-order valence-electron chi connectivity index (χ1n) is 6.65. The van der Waals surface area contributed by atoms with Crippen molar-refractivity contribution in [3.63, 3.8) is 0 Å². The Hall–Kier alpha value is -2.41. The molecule has 7 heteroatoms. The van der Waals surface area contributed by atoms with Gasteiger partial charge >= 0.3 is 0 Å². The fraction of sp³-hybridized carbons (Fsp3) is 0.357. The van der Waals surface area contributed by atoms with Gasteiger partial charge in [0.25, 0.3) is 0 Å². The van der Waals surface area contributed by atoms with Crippen molar-refractivity contribution in [3.05, 3.63) is 41.5 Å². The van der Waals surface area contributed by atoms with Gasteiger partial charge in [-0.1, -0.05) is 17.3 Å². The number of nitrogens with two attached hydrogens (primary N) is 1. The minimum atomic E-state index is -0.637. The van der Waals surface area contributed by atoms with Crippen LogP contribution in [0.3, 0.4) is 0 Å². The molecule has 1 heterocycles. The molecule has 0 bridgehead atoms. The van der Waals surface area contributed by atoms with E-state index in [-0.39, 0.29) is 11.7 Å². The van der Waals surface area contributed by atoms with E-state index >= 15 is 0 Å². The average molecular weight is 290 g/mol. The number of phenols is 1. The molecule has 21 heavy (non-hydrogen) atoms. The van der Waals surface area contributed by atoms with Crippen LogP contribution in [0.1, 0.15) is 17.3 Å². The lowest BCUT2D eigenvalue weighted by atomic mass is 10.1. The molecule has 0 spiro atoms. The number of rotatable bonds is 6. The Morgan fingerprint density at radius 2 is 2.14 bits per heavy atom. The molecule has 1 amide bonds. The summed E-state index contributed by atoms with van der Waals surface area (Å²) in [5.74, 6) is 1.01. The molecule has 2 aromatic rings. The second kappa shape index (κ2) is 6.85. The Kier molecular flexibility index (Phi) is 4.89. The summed E-state index contributed by atoms with van der Waals surface area (Å²) in [5.41, 5.74) is 6.74. The standard InChI is InChI=1S/C14H18N4O3/c1-9-17-13(18-21-9)6-7-16-14(20)12(15)8-10-2-4-11(19)5-3-10/h2-5,12,19H,6-8,15H2,1H3,(H,16,20). The fourth-order valence-corrected chi connectivity index (χ4v) is 1.85. The maximum Gasteiger partial charge on any atom is 0.237 e. The van der Waals surface area contributed by atoms with Gasteiger partial charge in [-0.2, -0.15) is 4.98 Å². The van der Waals surface area contributed by atoms with Gasteiger partial charge in [-0.25, -0.2) is 0 Å². The lowest BCUT2D eigenvalue weighted by Gasteiger charge is -2.11. The molecule has 0 aliphatic heterocycles. The molecule has 1 aromatic heterocycles. The molecular weight excluding hydrogens is 272 g/mol. The predicted octanol–water partition coefficient (Wildman–Crippen LogP) is 0.312. The second-order valence-corrected chi connectivity index (χ2v) is 4.75. The Morgan fingerprint density at radius 3 is 2.76 bits per heavy atom. The normalized spacial score (nSPS) is 12.1. The van der Waals surface area contributed by atoms with Gasteiger partial charge in [0.05, 0.1) is 6.04 Å². The van der Waals surface area contributed by atoms with Gasteiger partial charge < -0.3 is 20.7 Å². The Bertz CT molecular complexity index is 595. The zero-order valence-corrected chi connectivity index (χ0v) is 11.7. The van der Waals surface area contributed by atoms with Crippen LogP contribution in [0.5, 0.6) is 5.75 Å². The number of aromatic hydroxyl groups is 1. The highest BCUT2D eigenvalue weighted by atomic mass is 16.5. The first kappa shape index (κ1) is 15.0. The monoisotopic (exact) mass is 290 g/mol. The van der Waals surface area contributed by atoms with E-state index in [1.54, 1.807) is 31.2 Å². The average Bonchev–Trinajstić information content (AvgIpc) is 2.87. The smallest absolute Gasteiger partial charge is 0.237 e. The van der Waals surface area contributed by atoms with Crippen LogP contribution in [-0.2, 0) is 17.6 Å². The molecule has 0 aliphatic carbocycles. The van der Waals surface area contributed by atoms with Gasteiger partial charge in [0.15, 0.2) is 5.82 Å². The molecule has 7 nitrogen and oxygen atoms in total. The third-order valence-corrected chi connectivity index (χ3v) is 2.95. The van der Waals surface area contributed by atoms with E-state index in [1.165, 1.54) is 0 Å². The molecule has 0 fully saturated rings. The molecule has 112 valence electrons. The van der Waals surface area contributed by atoms with Crippen molar-refractivity contribution in [2.75, 3.05) is 6.54 Å². The van der Waals surface area contributed by atoms with Crippen LogP contribution in [0.15, 0.2) is 28.8 Å². The molecule has 4 N–H and O–H groups in total. The minimum absolute atomic E-state index is 0.187. The van der Waals surface area contributed by atoms with Crippen LogP contribution in [0.25, 0.3) is 0 Å². The van der Waals surface area contributed by atoms with Crippen molar-refractivity contribution in [1.82, 2.24) is 15.5 Å². The lowest BCUT2D eigenvalue weighted by molar-refractivity contribution is -0.122. The zero-order valence-electron chi connectivity index (χ0n) is 11.7. The van der Waals surface area contributed by atoms with Gasteiger partial charge in [0.2, 0.25) is 11.8 Å². The van der Waals surface area contributed by atoms with Gasteiger partial charge in [-0.05, 0) is 24.1 Å². The van der Waals surface area contributed by atoms with Crippen molar-refractivity contribution in [2.45, 2.75) is 25.8 Å².